The first-order valence-corrected chi connectivity index (χ1v) is 3.75. The van der Waals surface area contributed by atoms with E-state index in [-0.39, 0.29) is 0 Å². The summed E-state index contributed by atoms with van der Waals surface area (Å²) in [6.45, 7) is 6.03. The summed E-state index contributed by atoms with van der Waals surface area (Å²) in [5.41, 5.74) is 8.87. The Kier molecular flexibility index (Phi) is 2.08. The van der Waals surface area contributed by atoms with Gasteiger partial charge in [0.15, 0.2) is 0 Å². The van der Waals surface area contributed by atoms with Gasteiger partial charge in [-0.1, -0.05) is 6.92 Å². The van der Waals surface area contributed by atoms with Crippen molar-refractivity contribution in [2.75, 3.05) is 5.73 Å². The van der Waals surface area contributed by atoms with Crippen LogP contribution in [-0.2, 0) is 6.42 Å². The number of hydrogen-bond donors (Lipinski definition) is 1. The van der Waals surface area contributed by atoms with Gasteiger partial charge in [-0.25, -0.2) is 0 Å². The SMILES string of the molecule is CCc1c(C)nnc(N)c1C. The van der Waals surface area contributed by atoms with Gasteiger partial charge in [0, 0.05) is 0 Å². The molecule has 0 saturated carbocycles. The van der Waals surface area contributed by atoms with Crippen molar-refractivity contribution in [3.8, 4) is 0 Å². The van der Waals surface area contributed by atoms with Crippen molar-refractivity contribution in [1.29, 1.82) is 0 Å². The van der Waals surface area contributed by atoms with Crippen molar-refractivity contribution in [2.24, 2.45) is 0 Å². The van der Waals surface area contributed by atoms with Crippen LogP contribution in [0.1, 0.15) is 23.7 Å². The monoisotopic (exact) mass is 151 g/mol. The Balaban J connectivity index is 3.29. The molecule has 0 unspecified atom stereocenters. The molecule has 1 rings (SSSR count). The molecule has 0 aliphatic heterocycles. The predicted octanol–water partition coefficient (Wildman–Crippen LogP) is 1.24. The minimum atomic E-state index is 0.549. The Morgan fingerprint density at radius 1 is 1.27 bits per heavy atom. The fourth-order valence-electron chi connectivity index (χ4n) is 1.21. The Morgan fingerprint density at radius 3 is 2.36 bits per heavy atom. The predicted molar refractivity (Wildman–Crippen MR) is 45.3 cm³/mol. The fourth-order valence-corrected chi connectivity index (χ4v) is 1.21. The third kappa shape index (κ3) is 1.31. The van der Waals surface area contributed by atoms with Crippen LogP contribution in [0.15, 0.2) is 0 Å². The molecule has 0 fully saturated rings. The van der Waals surface area contributed by atoms with E-state index in [1.54, 1.807) is 0 Å². The molecule has 0 aromatic carbocycles. The third-order valence-electron chi connectivity index (χ3n) is 1.93. The zero-order chi connectivity index (χ0) is 8.43. The molecule has 0 radical (unpaired) electrons. The summed E-state index contributed by atoms with van der Waals surface area (Å²) < 4.78 is 0. The van der Waals surface area contributed by atoms with Crippen molar-refractivity contribution < 1.29 is 0 Å². The molecular formula is C8H13N3. The fraction of sp³-hybridized carbons (Fsp3) is 0.500. The third-order valence-corrected chi connectivity index (χ3v) is 1.93. The summed E-state index contributed by atoms with van der Waals surface area (Å²) in [5.74, 6) is 0.549. The minimum Gasteiger partial charge on any atom is -0.382 e. The van der Waals surface area contributed by atoms with Gasteiger partial charge in [-0.2, -0.15) is 5.10 Å². The first-order valence-electron chi connectivity index (χ1n) is 3.75. The zero-order valence-corrected chi connectivity index (χ0v) is 7.18. The number of hydrogen-bond acceptors (Lipinski definition) is 3. The molecule has 0 spiro atoms. The molecular weight excluding hydrogens is 138 g/mol. The standard InChI is InChI=1S/C8H13N3/c1-4-7-5(2)8(9)11-10-6(7)3/h4H2,1-3H3,(H2,9,11). The Morgan fingerprint density at radius 2 is 1.91 bits per heavy atom. The van der Waals surface area contributed by atoms with Crippen molar-refractivity contribution in [2.45, 2.75) is 27.2 Å². The number of nitrogens with two attached hydrogens (primary N) is 1. The molecule has 1 aromatic heterocycles. The first-order chi connectivity index (χ1) is 5.16. The molecule has 0 aliphatic rings. The van der Waals surface area contributed by atoms with Gasteiger partial charge in [0.2, 0.25) is 0 Å². The summed E-state index contributed by atoms with van der Waals surface area (Å²) in [7, 11) is 0. The van der Waals surface area contributed by atoms with Crippen LogP contribution in [-0.4, -0.2) is 10.2 Å². The van der Waals surface area contributed by atoms with E-state index in [0.29, 0.717) is 5.82 Å². The lowest BCUT2D eigenvalue weighted by molar-refractivity contribution is 0.923. The number of aryl methyl sites for hydroxylation is 1. The Bertz CT molecular complexity index is 268. The van der Waals surface area contributed by atoms with Crippen LogP contribution in [0, 0.1) is 13.8 Å². The average Bonchev–Trinajstić information content (AvgIpc) is 1.99. The molecule has 0 atom stereocenters. The van der Waals surface area contributed by atoms with E-state index in [1.165, 1.54) is 5.56 Å². The van der Waals surface area contributed by atoms with E-state index < -0.39 is 0 Å². The number of nitrogen functional groups attached to an aromatic ring is 1. The lowest BCUT2D eigenvalue weighted by Gasteiger charge is -2.06. The summed E-state index contributed by atoms with van der Waals surface area (Å²) >= 11 is 0. The van der Waals surface area contributed by atoms with E-state index >= 15 is 0 Å². The van der Waals surface area contributed by atoms with Crippen molar-refractivity contribution >= 4 is 5.82 Å². The van der Waals surface area contributed by atoms with E-state index in [2.05, 4.69) is 17.1 Å². The molecule has 0 aliphatic carbocycles. The highest BCUT2D eigenvalue weighted by Gasteiger charge is 2.04. The van der Waals surface area contributed by atoms with Crippen LogP contribution < -0.4 is 5.73 Å². The highest BCUT2D eigenvalue weighted by Crippen LogP contribution is 2.15. The van der Waals surface area contributed by atoms with Crippen LogP contribution in [0.4, 0.5) is 5.82 Å². The number of anilines is 1. The van der Waals surface area contributed by atoms with Crippen LogP contribution in [0.25, 0.3) is 0 Å². The molecule has 3 heteroatoms. The second-order valence-corrected chi connectivity index (χ2v) is 2.63. The lowest BCUT2D eigenvalue weighted by Crippen LogP contribution is -2.03. The summed E-state index contributed by atoms with van der Waals surface area (Å²) in [5, 5.41) is 7.75. The molecule has 1 aromatic rings. The van der Waals surface area contributed by atoms with Gasteiger partial charge in [0.25, 0.3) is 0 Å². The summed E-state index contributed by atoms with van der Waals surface area (Å²) in [6, 6.07) is 0. The molecule has 1 heterocycles. The van der Waals surface area contributed by atoms with Gasteiger partial charge in [0.05, 0.1) is 5.69 Å². The van der Waals surface area contributed by atoms with E-state index in [0.717, 1.165) is 17.7 Å². The maximum atomic E-state index is 5.59. The van der Waals surface area contributed by atoms with Gasteiger partial charge >= 0.3 is 0 Å². The van der Waals surface area contributed by atoms with Crippen LogP contribution >= 0.6 is 0 Å². The molecule has 2 N–H and O–H groups in total. The van der Waals surface area contributed by atoms with Crippen LogP contribution in [0.5, 0.6) is 0 Å². The van der Waals surface area contributed by atoms with Crippen molar-refractivity contribution in [3.05, 3.63) is 16.8 Å². The summed E-state index contributed by atoms with van der Waals surface area (Å²) in [4.78, 5) is 0. The van der Waals surface area contributed by atoms with E-state index in [9.17, 15) is 0 Å². The number of aromatic nitrogens is 2. The van der Waals surface area contributed by atoms with Crippen molar-refractivity contribution in [1.82, 2.24) is 10.2 Å². The largest absolute Gasteiger partial charge is 0.382 e. The zero-order valence-electron chi connectivity index (χ0n) is 7.18. The van der Waals surface area contributed by atoms with Gasteiger partial charge in [-0.3, -0.25) is 0 Å². The topological polar surface area (TPSA) is 51.8 Å². The van der Waals surface area contributed by atoms with Crippen molar-refractivity contribution in [3.63, 3.8) is 0 Å². The Hall–Kier alpha value is -1.12. The van der Waals surface area contributed by atoms with Gasteiger partial charge in [-0.05, 0) is 31.4 Å². The molecule has 11 heavy (non-hydrogen) atoms. The minimum absolute atomic E-state index is 0.549. The number of nitrogens with zero attached hydrogens (tertiary/aromatic N) is 2. The Labute approximate surface area is 66.6 Å². The maximum Gasteiger partial charge on any atom is 0.149 e. The van der Waals surface area contributed by atoms with Gasteiger partial charge < -0.3 is 5.73 Å². The summed E-state index contributed by atoms with van der Waals surface area (Å²) in [6.07, 6.45) is 0.970. The van der Waals surface area contributed by atoms with Gasteiger partial charge in [0.1, 0.15) is 5.82 Å². The maximum absolute atomic E-state index is 5.59. The molecule has 0 bridgehead atoms. The second-order valence-electron chi connectivity index (χ2n) is 2.63. The van der Waals surface area contributed by atoms with Gasteiger partial charge in [-0.15, -0.1) is 5.10 Å². The quantitative estimate of drug-likeness (QED) is 0.657. The first kappa shape index (κ1) is 7.98. The lowest BCUT2D eigenvalue weighted by atomic mass is 10.1. The number of rotatable bonds is 1. The van der Waals surface area contributed by atoms with Crippen LogP contribution in [0.2, 0.25) is 0 Å². The molecule has 60 valence electrons. The highest BCUT2D eigenvalue weighted by molar-refractivity contribution is 5.43. The molecule has 0 saturated heterocycles. The second kappa shape index (κ2) is 2.86. The normalized spacial score (nSPS) is 10.1. The molecule has 3 nitrogen and oxygen atoms in total. The average molecular weight is 151 g/mol. The van der Waals surface area contributed by atoms with E-state index in [4.69, 9.17) is 5.73 Å². The smallest absolute Gasteiger partial charge is 0.149 e. The molecule has 0 amide bonds. The van der Waals surface area contributed by atoms with E-state index in [1.807, 2.05) is 13.8 Å². The highest BCUT2D eigenvalue weighted by atomic mass is 15.1. The van der Waals surface area contributed by atoms with Crippen LogP contribution in [0.3, 0.4) is 0 Å².